The Bertz CT molecular complexity index is 1660. The summed E-state index contributed by atoms with van der Waals surface area (Å²) in [4.78, 5) is 54.3. The summed E-state index contributed by atoms with van der Waals surface area (Å²) in [6, 6.07) is 0. The van der Waals surface area contributed by atoms with Crippen molar-refractivity contribution < 1.29 is 81.6 Å². The third kappa shape index (κ3) is 29.6. The van der Waals surface area contributed by atoms with Gasteiger partial charge in [-0.2, -0.15) is 0 Å². The molecule has 1 saturated carbocycles. The van der Waals surface area contributed by atoms with E-state index in [0.717, 1.165) is 38.5 Å². The summed E-state index contributed by atoms with van der Waals surface area (Å²) in [6.45, 7) is 2.97. The number of phosphoric acid groups is 2. The molecule has 0 spiro atoms. The Morgan fingerprint density at radius 2 is 0.971 bits per heavy atom. The summed E-state index contributed by atoms with van der Waals surface area (Å²) < 4.78 is 55.0. The molecule has 7 unspecified atom stereocenters. The van der Waals surface area contributed by atoms with E-state index in [4.69, 9.17) is 23.3 Å². The van der Waals surface area contributed by atoms with Gasteiger partial charge in [-0.1, -0.05) is 132 Å². The van der Waals surface area contributed by atoms with E-state index >= 15 is 0 Å². The summed E-state index contributed by atoms with van der Waals surface area (Å²) in [5.41, 5.74) is 0. The van der Waals surface area contributed by atoms with E-state index in [-0.39, 0.29) is 25.0 Å². The Kier molecular flexibility index (Phi) is 32.9. The van der Waals surface area contributed by atoms with Crippen molar-refractivity contribution in [3.63, 3.8) is 0 Å². The van der Waals surface area contributed by atoms with Gasteiger partial charge in [0.1, 0.15) is 43.2 Å². The molecule has 0 amide bonds. The number of carbonyl (C=O) groups excluding carboxylic acids is 2. The van der Waals surface area contributed by atoms with E-state index in [1.807, 2.05) is 24.3 Å². The van der Waals surface area contributed by atoms with Crippen LogP contribution < -0.4 is 0 Å². The number of carbonyl (C=O) groups is 2. The highest BCUT2D eigenvalue weighted by Crippen LogP contribution is 2.49. The van der Waals surface area contributed by atoms with Crippen molar-refractivity contribution in [3.8, 4) is 0 Å². The average Bonchev–Trinajstić information content (AvgIpc) is 4.05. The molecule has 1 saturated heterocycles. The van der Waals surface area contributed by atoms with E-state index in [1.165, 1.54) is 57.8 Å². The normalized spacial score (nSPS) is 24.8. The van der Waals surface area contributed by atoms with Crippen LogP contribution in [0.5, 0.6) is 0 Å². The third-order valence-electron chi connectivity index (χ3n) is 11.2. The zero-order valence-corrected chi connectivity index (χ0v) is 42.0. The largest absolute Gasteiger partial charge is 0.472 e. The molecule has 2 rings (SSSR count). The number of aliphatic hydroxyl groups is 4. The molecule has 10 atom stereocenters. The van der Waals surface area contributed by atoms with Crippen molar-refractivity contribution in [1.29, 1.82) is 0 Å². The number of aliphatic hydroxyl groups excluding tert-OH is 4. The third-order valence-corrected chi connectivity index (χ3v) is 12.7. The second kappa shape index (κ2) is 36.3. The molecule has 7 N–H and O–H groups in total. The van der Waals surface area contributed by atoms with Gasteiger partial charge in [-0.15, -0.1) is 0 Å². The van der Waals surface area contributed by atoms with Crippen LogP contribution in [0.3, 0.4) is 0 Å². The van der Waals surface area contributed by atoms with Crippen molar-refractivity contribution in [2.45, 2.75) is 210 Å². The van der Waals surface area contributed by atoms with Crippen LogP contribution in [0.1, 0.15) is 155 Å². The van der Waals surface area contributed by atoms with E-state index in [0.29, 0.717) is 32.1 Å². The smallest absolute Gasteiger partial charge is 0.462 e. The van der Waals surface area contributed by atoms with Gasteiger partial charge in [0, 0.05) is 12.8 Å². The number of phosphoric ester groups is 2. The van der Waals surface area contributed by atoms with Gasteiger partial charge in [-0.3, -0.25) is 23.2 Å². The first-order valence-corrected chi connectivity index (χ1v) is 27.6. The minimum Gasteiger partial charge on any atom is -0.462 e. The number of hydrogen-bond acceptors (Lipinski definition) is 14. The van der Waals surface area contributed by atoms with Crippen molar-refractivity contribution in [3.05, 3.63) is 72.9 Å². The Balaban J connectivity index is 1.83. The fourth-order valence-corrected chi connectivity index (χ4v) is 8.73. The van der Waals surface area contributed by atoms with Crippen LogP contribution in [-0.2, 0) is 46.5 Å². The highest BCUT2D eigenvalue weighted by molar-refractivity contribution is 7.47. The molecular formula is C49H82O17P2. The molecular weight excluding hydrogens is 922 g/mol. The first-order valence-electron chi connectivity index (χ1n) is 24.6. The van der Waals surface area contributed by atoms with Crippen LogP contribution in [0, 0.1) is 0 Å². The Morgan fingerprint density at radius 1 is 0.529 bits per heavy atom. The van der Waals surface area contributed by atoms with E-state index in [9.17, 15) is 53.8 Å². The molecule has 17 nitrogen and oxygen atoms in total. The van der Waals surface area contributed by atoms with Gasteiger partial charge in [0.2, 0.25) is 0 Å². The molecule has 390 valence electrons. The number of rotatable bonds is 39. The van der Waals surface area contributed by atoms with Crippen LogP contribution in [0.2, 0.25) is 0 Å². The maximum Gasteiger partial charge on any atom is 0.472 e. The zero-order chi connectivity index (χ0) is 50.0. The monoisotopic (exact) mass is 1000 g/mol. The van der Waals surface area contributed by atoms with E-state index in [1.54, 1.807) is 0 Å². The Hall–Kier alpha value is -2.60. The molecule has 0 bridgehead atoms. The van der Waals surface area contributed by atoms with Gasteiger partial charge in [-0.25, -0.2) is 9.13 Å². The van der Waals surface area contributed by atoms with Crippen molar-refractivity contribution in [2.75, 3.05) is 13.2 Å². The number of allylic oxidation sites excluding steroid dienone is 10. The molecule has 0 aromatic carbocycles. The highest BCUT2D eigenvalue weighted by atomic mass is 31.2. The summed E-state index contributed by atoms with van der Waals surface area (Å²) in [5.74, 6) is -1.34. The Labute approximate surface area is 404 Å². The fourth-order valence-electron chi connectivity index (χ4n) is 7.19. The quantitative estimate of drug-likeness (QED) is 0.00998. The summed E-state index contributed by atoms with van der Waals surface area (Å²) >= 11 is 0. The molecule has 0 aromatic heterocycles. The van der Waals surface area contributed by atoms with Crippen molar-refractivity contribution in [1.82, 2.24) is 0 Å². The molecule has 0 aromatic rings. The predicted octanol–water partition coefficient (Wildman–Crippen LogP) is 8.61. The first kappa shape index (κ1) is 61.5. The molecule has 1 heterocycles. The Morgan fingerprint density at radius 3 is 1.54 bits per heavy atom. The van der Waals surface area contributed by atoms with E-state index in [2.05, 4.69) is 67.0 Å². The fraction of sp³-hybridized carbons (Fsp3) is 0.714. The number of unbranched alkanes of at least 4 members (excludes halogenated alkanes) is 11. The van der Waals surface area contributed by atoms with Crippen LogP contribution in [0.25, 0.3) is 0 Å². The lowest BCUT2D eigenvalue weighted by atomic mass is 9.85. The molecule has 1 aliphatic carbocycles. The van der Waals surface area contributed by atoms with Gasteiger partial charge in [-0.05, 0) is 83.5 Å². The summed E-state index contributed by atoms with van der Waals surface area (Å²) in [6.07, 6.45) is 30.4. The second-order valence-electron chi connectivity index (χ2n) is 17.2. The lowest BCUT2D eigenvalue weighted by Gasteiger charge is -2.43. The topological polar surface area (TPSA) is 269 Å². The zero-order valence-electron chi connectivity index (χ0n) is 40.2. The SMILES string of the molecule is CCCCC/C=C\CC1OC1C/C=C\C/C=C\CCCC(=O)O[C@H](COC(=O)CCC/C=C\C/C=C\C/C=C\CCCCCCCC)COP(=O)(O)O[C@H]1C(O)C(O)C(O)[C@@H](OP(=O)(O)O)C1O. The summed E-state index contributed by atoms with van der Waals surface area (Å²) in [7, 11) is -10.7. The molecule has 1 aliphatic heterocycles. The maximum atomic E-state index is 13.0. The van der Waals surface area contributed by atoms with Gasteiger partial charge >= 0.3 is 27.6 Å². The summed E-state index contributed by atoms with van der Waals surface area (Å²) in [5, 5.41) is 41.3. The minimum absolute atomic E-state index is 0.0312. The first-order chi connectivity index (χ1) is 32.6. The van der Waals surface area contributed by atoms with Crippen LogP contribution in [-0.4, -0.2) is 115 Å². The number of epoxide rings is 1. The standard InChI is InChI=1S/C49H82O17P2/c1-3-5-7-9-11-12-13-14-15-16-17-18-19-20-23-27-31-35-42(50)61-37-39(38-62-68(59,60)66-49-46(54)44(52)45(53)48(47(49)55)65-67(56,57)58)63-43(51)36-32-28-24-21-22-26-30-34-41-40(64-41)33-29-25-10-8-6-4-2/h14-15,17-18,20-21,23-26,29-30,39-41,44-49,52-55H,3-13,16,19,22,27-28,31-38H2,1-2H3,(H,59,60)(H2,56,57,58)/b15-14-,18-17-,23-20-,24-21-,29-25-,30-26-/t39-,40?,41?,44?,45?,46?,47?,48-,49+/m1/s1. The maximum absolute atomic E-state index is 13.0. The van der Waals surface area contributed by atoms with Crippen molar-refractivity contribution in [2.24, 2.45) is 0 Å². The molecule has 68 heavy (non-hydrogen) atoms. The van der Waals surface area contributed by atoms with Gasteiger partial charge in [0.05, 0.1) is 18.8 Å². The van der Waals surface area contributed by atoms with Gasteiger partial charge in [0.25, 0.3) is 0 Å². The van der Waals surface area contributed by atoms with Gasteiger partial charge in [0.15, 0.2) is 6.10 Å². The molecule has 2 aliphatic rings. The number of hydrogen-bond donors (Lipinski definition) is 7. The average molecular weight is 1010 g/mol. The lowest BCUT2D eigenvalue weighted by molar-refractivity contribution is -0.216. The van der Waals surface area contributed by atoms with E-state index < -0.39 is 83.5 Å². The molecule has 2 fully saturated rings. The van der Waals surface area contributed by atoms with Gasteiger partial charge < -0.3 is 49.3 Å². The van der Waals surface area contributed by atoms with Crippen LogP contribution in [0.15, 0.2) is 72.9 Å². The van der Waals surface area contributed by atoms with Crippen LogP contribution in [0.4, 0.5) is 0 Å². The number of ether oxygens (including phenoxy) is 3. The minimum atomic E-state index is -5.38. The lowest BCUT2D eigenvalue weighted by Crippen LogP contribution is -2.64. The van der Waals surface area contributed by atoms with Crippen molar-refractivity contribution >= 4 is 27.6 Å². The molecule has 0 radical (unpaired) electrons. The predicted molar refractivity (Wildman–Crippen MR) is 259 cm³/mol. The highest BCUT2D eigenvalue weighted by Gasteiger charge is 2.54. The number of esters is 2. The van der Waals surface area contributed by atoms with Crippen LogP contribution >= 0.6 is 15.6 Å². The molecule has 19 heteroatoms. The second-order valence-corrected chi connectivity index (χ2v) is 19.8.